The smallest absolute Gasteiger partial charge is 0.269 e. The van der Waals surface area contributed by atoms with E-state index in [1.807, 2.05) is 24.8 Å². The Bertz CT molecular complexity index is 547. The van der Waals surface area contributed by atoms with Crippen LogP contribution >= 0.6 is 0 Å². The van der Waals surface area contributed by atoms with Gasteiger partial charge in [-0.3, -0.25) is 20.2 Å². The molecule has 1 aromatic rings. The molecule has 0 aliphatic carbocycles. The minimum Gasteiger partial charge on any atom is -0.319 e. The number of amides is 1. The molecule has 6 heteroatoms. The molecule has 0 bridgehead atoms. The van der Waals surface area contributed by atoms with Gasteiger partial charge in [0.05, 0.1) is 11.0 Å². The van der Waals surface area contributed by atoms with Gasteiger partial charge in [0.25, 0.3) is 5.69 Å². The first-order valence-electron chi connectivity index (χ1n) is 7.28. The molecular weight excluding hydrogens is 270 g/mol. The van der Waals surface area contributed by atoms with Crippen molar-refractivity contribution in [1.82, 2.24) is 10.2 Å². The first-order valence-corrected chi connectivity index (χ1v) is 7.28. The summed E-state index contributed by atoms with van der Waals surface area (Å²) in [4.78, 5) is 24.7. The summed E-state index contributed by atoms with van der Waals surface area (Å²) in [6, 6.07) is 6.31. The van der Waals surface area contributed by atoms with E-state index in [-0.39, 0.29) is 29.8 Å². The Morgan fingerprint density at radius 3 is 2.81 bits per heavy atom. The maximum atomic E-state index is 12.4. The number of hydrogen-bond acceptors (Lipinski definition) is 4. The van der Waals surface area contributed by atoms with Gasteiger partial charge in [-0.1, -0.05) is 25.5 Å². The van der Waals surface area contributed by atoms with E-state index in [1.54, 1.807) is 6.07 Å². The zero-order valence-corrected chi connectivity index (χ0v) is 12.6. The summed E-state index contributed by atoms with van der Waals surface area (Å²) >= 11 is 0. The number of carbonyl (C=O) groups is 1. The van der Waals surface area contributed by atoms with Crippen LogP contribution in [0, 0.1) is 10.1 Å². The van der Waals surface area contributed by atoms with Gasteiger partial charge in [0, 0.05) is 18.2 Å². The van der Waals surface area contributed by atoms with Gasteiger partial charge in [-0.25, -0.2) is 0 Å². The molecular formula is C15H21N3O3. The summed E-state index contributed by atoms with van der Waals surface area (Å²) in [7, 11) is 0. The topological polar surface area (TPSA) is 75.5 Å². The Hall–Kier alpha value is -1.95. The van der Waals surface area contributed by atoms with Crippen molar-refractivity contribution in [3.8, 4) is 0 Å². The molecule has 0 spiro atoms. The van der Waals surface area contributed by atoms with Crippen molar-refractivity contribution in [3.63, 3.8) is 0 Å². The molecule has 1 amide bonds. The SMILES string of the molecule is CCCC(C)N1C(=O)C(C)NC1c1cccc([N+](=O)[O-])c1. The minimum atomic E-state index is -0.413. The second-order valence-electron chi connectivity index (χ2n) is 5.53. The second kappa shape index (κ2) is 6.22. The maximum absolute atomic E-state index is 12.4. The maximum Gasteiger partial charge on any atom is 0.269 e. The highest BCUT2D eigenvalue weighted by Gasteiger charge is 2.39. The number of rotatable bonds is 5. The highest BCUT2D eigenvalue weighted by Crippen LogP contribution is 2.30. The third-order valence-electron chi connectivity index (χ3n) is 3.89. The average molecular weight is 291 g/mol. The molecule has 0 saturated carbocycles. The van der Waals surface area contributed by atoms with Crippen LogP contribution in [0.4, 0.5) is 5.69 Å². The molecule has 6 nitrogen and oxygen atoms in total. The lowest BCUT2D eigenvalue weighted by molar-refractivity contribution is -0.385. The highest BCUT2D eigenvalue weighted by molar-refractivity contribution is 5.84. The normalized spacial score (nSPS) is 23.4. The number of hydrogen-bond donors (Lipinski definition) is 1. The van der Waals surface area contributed by atoms with Gasteiger partial charge in [0.15, 0.2) is 0 Å². The van der Waals surface area contributed by atoms with Crippen LogP contribution in [0.25, 0.3) is 0 Å². The van der Waals surface area contributed by atoms with Crippen molar-refractivity contribution in [3.05, 3.63) is 39.9 Å². The van der Waals surface area contributed by atoms with E-state index in [0.717, 1.165) is 18.4 Å². The van der Waals surface area contributed by atoms with Crippen LogP contribution in [0.15, 0.2) is 24.3 Å². The van der Waals surface area contributed by atoms with Gasteiger partial charge in [0.1, 0.15) is 6.17 Å². The van der Waals surface area contributed by atoms with E-state index in [9.17, 15) is 14.9 Å². The molecule has 1 fully saturated rings. The lowest BCUT2D eigenvalue weighted by Gasteiger charge is -2.30. The summed E-state index contributed by atoms with van der Waals surface area (Å²) < 4.78 is 0. The van der Waals surface area contributed by atoms with Gasteiger partial charge in [-0.2, -0.15) is 0 Å². The minimum absolute atomic E-state index is 0.0457. The van der Waals surface area contributed by atoms with Gasteiger partial charge in [-0.15, -0.1) is 0 Å². The fraction of sp³-hybridized carbons (Fsp3) is 0.533. The van der Waals surface area contributed by atoms with Gasteiger partial charge in [-0.05, 0) is 25.8 Å². The number of nitrogens with zero attached hydrogens (tertiary/aromatic N) is 2. The molecule has 1 aliphatic heterocycles. The number of nitro groups is 1. The average Bonchev–Trinajstić information content (AvgIpc) is 2.75. The molecule has 1 saturated heterocycles. The van der Waals surface area contributed by atoms with Crippen molar-refractivity contribution >= 4 is 11.6 Å². The van der Waals surface area contributed by atoms with Crippen molar-refractivity contribution < 1.29 is 9.72 Å². The Balaban J connectivity index is 2.34. The number of non-ortho nitro benzene ring substituents is 1. The summed E-state index contributed by atoms with van der Waals surface area (Å²) in [5.41, 5.74) is 0.800. The first kappa shape index (κ1) is 15.4. The van der Waals surface area contributed by atoms with Crippen LogP contribution in [0.2, 0.25) is 0 Å². The molecule has 1 aliphatic rings. The van der Waals surface area contributed by atoms with E-state index >= 15 is 0 Å². The van der Waals surface area contributed by atoms with E-state index < -0.39 is 4.92 Å². The Morgan fingerprint density at radius 1 is 1.48 bits per heavy atom. The Morgan fingerprint density at radius 2 is 2.19 bits per heavy atom. The summed E-state index contributed by atoms with van der Waals surface area (Å²) in [6.07, 6.45) is 1.60. The molecule has 0 aromatic heterocycles. The molecule has 114 valence electrons. The zero-order chi connectivity index (χ0) is 15.6. The fourth-order valence-electron chi connectivity index (χ4n) is 2.83. The first-order chi connectivity index (χ1) is 9.95. The second-order valence-corrected chi connectivity index (χ2v) is 5.53. The summed E-state index contributed by atoms with van der Waals surface area (Å²) in [5, 5.41) is 14.1. The van der Waals surface area contributed by atoms with Crippen molar-refractivity contribution in [2.24, 2.45) is 0 Å². The van der Waals surface area contributed by atoms with Crippen molar-refractivity contribution in [2.45, 2.75) is 51.9 Å². The lowest BCUT2D eigenvalue weighted by Crippen LogP contribution is -2.38. The number of nitrogens with one attached hydrogen (secondary N) is 1. The van der Waals surface area contributed by atoms with Crippen molar-refractivity contribution in [2.75, 3.05) is 0 Å². The summed E-state index contributed by atoms with van der Waals surface area (Å²) in [5.74, 6) is 0.0486. The van der Waals surface area contributed by atoms with Crippen LogP contribution in [0.1, 0.15) is 45.3 Å². The van der Waals surface area contributed by atoms with Gasteiger partial charge in [0.2, 0.25) is 5.91 Å². The molecule has 1 aromatic carbocycles. The van der Waals surface area contributed by atoms with Crippen LogP contribution in [0.3, 0.4) is 0 Å². The van der Waals surface area contributed by atoms with E-state index in [2.05, 4.69) is 12.2 Å². The van der Waals surface area contributed by atoms with Gasteiger partial charge < -0.3 is 4.90 Å². The molecule has 0 radical (unpaired) electrons. The van der Waals surface area contributed by atoms with E-state index in [1.165, 1.54) is 12.1 Å². The van der Waals surface area contributed by atoms with E-state index in [4.69, 9.17) is 0 Å². The third kappa shape index (κ3) is 3.05. The Labute approximate surface area is 124 Å². The molecule has 1 N–H and O–H groups in total. The number of benzene rings is 1. The molecule has 21 heavy (non-hydrogen) atoms. The fourth-order valence-corrected chi connectivity index (χ4v) is 2.83. The predicted molar refractivity (Wildman–Crippen MR) is 79.7 cm³/mol. The third-order valence-corrected chi connectivity index (χ3v) is 3.89. The lowest BCUT2D eigenvalue weighted by atomic mass is 10.1. The monoisotopic (exact) mass is 291 g/mol. The van der Waals surface area contributed by atoms with Crippen LogP contribution in [-0.4, -0.2) is 27.8 Å². The Kier molecular flexibility index (Phi) is 4.57. The standard InChI is InChI=1S/C15H21N3O3/c1-4-6-10(2)17-14(16-11(3)15(17)19)12-7-5-8-13(9-12)18(20)21/h5,7-11,14,16H,4,6H2,1-3H3. The molecule has 3 atom stereocenters. The quantitative estimate of drug-likeness (QED) is 0.668. The summed E-state index contributed by atoms with van der Waals surface area (Å²) in [6.45, 7) is 5.92. The predicted octanol–water partition coefficient (Wildman–Crippen LogP) is 2.60. The highest BCUT2D eigenvalue weighted by atomic mass is 16.6. The van der Waals surface area contributed by atoms with Crippen molar-refractivity contribution in [1.29, 1.82) is 0 Å². The largest absolute Gasteiger partial charge is 0.319 e. The number of carbonyl (C=O) groups excluding carboxylic acids is 1. The van der Waals surface area contributed by atoms with Crippen LogP contribution < -0.4 is 5.32 Å². The van der Waals surface area contributed by atoms with Crippen LogP contribution in [-0.2, 0) is 4.79 Å². The molecule has 3 unspecified atom stereocenters. The molecule has 1 heterocycles. The number of nitro benzene ring substituents is 1. The zero-order valence-electron chi connectivity index (χ0n) is 12.6. The van der Waals surface area contributed by atoms with Crippen LogP contribution in [0.5, 0.6) is 0 Å². The molecule has 2 rings (SSSR count). The van der Waals surface area contributed by atoms with Gasteiger partial charge >= 0.3 is 0 Å². The van der Waals surface area contributed by atoms with E-state index in [0.29, 0.717) is 0 Å².